The molecule has 0 fully saturated rings. The number of halogens is 1. The van der Waals surface area contributed by atoms with Crippen LogP contribution >= 0.6 is 0 Å². The van der Waals surface area contributed by atoms with Crippen molar-refractivity contribution < 1.29 is 23.5 Å². The first-order chi connectivity index (χ1) is 16.6. The Morgan fingerprint density at radius 1 is 1.03 bits per heavy atom. The molecule has 0 bridgehead atoms. The molecule has 0 radical (unpaired) electrons. The molecule has 35 heavy (non-hydrogen) atoms. The zero-order chi connectivity index (χ0) is 26.5. The fraction of sp³-hybridized carbons (Fsp3) is 0.429. The molecule has 0 N–H and O–H groups in total. The summed E-state index contributed by atoms with van der Waals surface area (Å²) in [4.78, 5) is 31.7. The van der Waals surface area contributed by atoms with Crippen LogP contribution in [0.4, 0.5) is 4.39 Å². The number of esters is 2. The van der Waals surface area contributed by atoms with Crippen LogP contribution in [0.2, 0.25) is 0 Å². The molecule has 0 aliphatic heterocycles. The second kappa shape index (κ2) is 19.0. The SMILES string of the molecule is CCC.COC(=O)C(/C=C/N=CCCCCC(=O)OC(C)(C)C)=C/C=C/N=Cc1ccc(F)cc1. The number of aliphatic imine (C=N–C) groups is 2. The average Bonchev–Trinajstić information content (AvgIpc) is 2.79. The zero-order valence-corrected chi connectivity index (χ0v) is 21.8. The largest absolute Gasteiger partial charge is 0.465 e. The van der Waals surface area contributed by atoms with E-state index in [9.17, 15) is 14.0 Å². The second-order valence-electron chi connectivity index (χ2n) is 8.47. The third kappa shape index (κ3) is 18.7. The standard InChI is InChI=1S/C25H31FN2O4.C3H8/c1-25(2,3)32-23(29)10-6-5-7-16-27-18-15-21(24(30)31-4)9-8-17-28-19-20-11-13-22(26)14-12-20;1-3-2/h8-9,11-19H,5-7,10H2,1-4H3;3H2,1-2H3/b17-8+,18-15+,21-9+,27-16?,28-19?;. The van der Waals surface area contributed by atoms with E-state index in [1.54, 1.807) is 36.7 Å². The first-order valence-electron chi connectivity index (χ1n) is 11.8. The van der Waals surface area contributed by atoms with Crippen molar-refractivity contribution in [2.45, 2.75) is 72.3 Å². The van der Waals surface area contributed by atoms with Crippen molar-refractivity contribution in [3.63, 3.8) is 0 Å². The van der Waals surface area contributed by atoms with Crippen LogP contribution in [0.15, 0.2) is 70.5 Å². The molecule has 0 spiro atoms. The molecule has 1 aromatic carbocycles. The van der Waals surface area contributed by atoms with Gasteiger partial charge in [0, 0.05) is 31.2 Å². The summed E-state index contributed by atoms with van der Waals surface area (Å²) in [5.41, 5.74) is 0.606. The molecular weight excluding hydrogens is 447 g/mol. The number of carbonyl (C=O) groups excluding carboxylic acids is 2. The predicted octanol–water partition coefficient (Wildman–Crippen LogP) is 6.76. The molecule has 0 saturated heterocycles. The highest BCUT2D eigenvalue weighted by Crippen LogP contribution is 2.10. The molecular formula is C28H39FN2O4. The average molecular weight is 487 g/mol. The summed E-state index contributed by atoms with van der Waals surface area (Å²) in [5.74, 6) is -1.00. The lowest BCUT2D eigenvalue weighted by molar-refractivity contribution is -0.154. The maximum absolute atomic E-state index is 12.9. The van der Waals surface area contributed by atoms with Gasteiger partial charge in [-0.3, -0.25) is 14.8 Å². The quantitative estimate of drug-likeness (QED) is 0.114. The first-order valence-corrected chi connectivity index (χ1v) is 11.8. The highest BCUT2D eigenvalue weighted by Gasteiger charge is 2.15. The van der Waals surface area contributed by atoms with Crippen LogP contribution in [0.1, 0.15) is 72.3 Å². The Morgan fingerprint density at radius 2 is 1.69 bits per heavy atom. The van der Waals surface area contributed by atoms with Crippen LogP contribution in [0.25, 0.3) is 0 Å². The minimum atomic E-state index is -0.499. The number of nitrogens with zero attached hydrogens (tertiary/aromatic N) is 2. The monoisotopic (exact) mass is 486 g/mol. The number of unbranched alkanes of at least 4 members (excludes halogenated alkanes) is 2. The molecule has 0 unspecified atom stereocenters. The van der Waals surface area contributed by atoms with Crippen molar-refractivity contribution in [3.8, 4) is 0 Å². The van der Waals surface area contributed by atoms with Crippen LogP contribution in [0.3, 0.4) is 0 Å². The zero-order valence-electron chi connectivity index (χ0n) is 21.8. The molecule has 6 nitrogen and oxygen atoms in total. The van der Waals surface area contributed by atoms with Crippen LogP contribution in [-0.4, -0.2) is 37.1 Å². The summed E-state index contributed by atoms with van der Waals surface area (Å²) in [5, 5.41) is 0. The van der Waals surface area contributed by atoms with Gasteiger partial charge in [-0.15, -0.1) is 0 Å². The van der Waals surface area contributed by atoms with Gasteiger partial charge in [-0.2, -0.15) is 0 Å². The minimum Gasteiger partial charge on any atom is -0.465 e. The van der Waals surface area contributed by atoms with Gasteiger partial charge < -0.3 is 9.47 Å². The third-order valence-electron chi connectivity index (χ3n) is 3.79. The van der Waals surface area contributed by atoms with Crippen molar-refractivity contribution in [3.05, 3.63) is 71.8 Å². The number of allylic oxidation sites excluding steroid dienone is 2. The minimum absolute atomic E-state index is 0.197. The van der Waals surface area contributed by atoms with Crippen molar-refractivity contribution >= 4 is 24.4 Å². The van der Waals surface area contributed by atoms with Crippen LogP contribution < -0.4 is 0 Å². The highest BCUT2D eigenvalue weighted by molar-refractivity contribution is 5.91. The topological polar surface area (TPSA) is 77.3 Å². The maximum Gasteiger partial charge on any atom is 0.337 e. The molecule has 192 valence electrons. The van der Waals surface area contributed by atoms with E-state index in [-0.39, 0.29) is 11.8 Å². The number of ether oxygens (including phenoxy) is 2. The summed E-state index contributed by atoms with van der Waals surface area (Å²) in [6.07, 6.45) is 14.9. The van der Waals surface area contributed by atoms with Crippen LogP contribution in [0.5, 0.6) is 0 Å². The summed E-state index contributed by atoms with van der Waals surface area (Å²) >= 11 is 0. The lowest BCUT2D eigenvalue weighted by Crippen LogP contribution is -2.23. The van der Waals surface area contributed by atoms with E-state index in [0.29, 0.717) is 18.4 Å². The molecule has 0 saturated carbocycles. The number of methoxy groups -OCH3 is 1. The van der Waals surface area contributed by atoms with E-state index >= 15 is 0 Å². The summed E-state index contributed by atoms with van der Waals surface area (Å²) in [6.45, 7) is 9.79. The fourth-order valence-corrected chi connectivity index (χ4v) is 2.34. The lowest BCUT2D eigenvalue weighted by atomic mass is 10.1. The Labute approximate surface area is 209 Å². The predicted molar refractivity (Wildman–Crippen MR) is 141 cm³/mol. The molecule has 1 aromatic rings. The van der Waals surface area contributed by atoms with E-state index in [2.05, 4.69) is 23.8 Å². The Morgan fingerprint density at radius 3 is 2.29 bits per heavy atom. The molecule has 7 heteroatoms. The summed E-state index contributed by atoms with van der Waals surface area (Å²) in [6, 6.07) is 5.93. The van der Waals surface area contributed by atoms with E-state index < -0.39 is 11.6 Å². The fourth-order valence-electron chi connectivity index (χ4n) is 2.34. The van der Waals surface area contributed by atoms with Gasteiger partial charge in [-0.1, -0.05) is 32.4 Å². The van der Waals surface area contributed by atoms with Crippen molar-refractivity contribution in [2.24, 2.45) is 9.98 Å². The van der Waals surface area contributed by atoms with Crippen molar-refractivity contribution in [2.75, 3.05) is 7.11 Å². The molecule has 0 aliphatic carbocycles. The number of carbonyl (C=O) groups is 2. The van der Waals surface area contributed by atoms with Gasteiger partial charge in [-0.25, -0.2) is 9.18 Å². The second-order valence-corrected chi connectivity index (χ2v) is 8.47. The Bertz CT molecular complexity index is 893. The van der Waals surface area contributed by atoms with E-state index in [1.165, 1.54) is 44.1 Å². The molecule has 0 aromatic heterocycles. The Balaban J connectivity index is 0.00000365. The van der Waals surface area contributed by atoms with Crippen molar-refractivity contribution in [1.29, 1.82) is 0 Å². The van der Waals surface area contributed by atoms with E-state index in [1.807, 2.05) is 20.8 Å². The van der Waals surface area contributed by atoms with Gasteiger partial charge >= 0.3 is 11.9 Å². The number of rotatable bonds is 11. The number of hydrogen-bond acceptors (Lipinski definition) is 6. The Kier molecular flexibility index (Phi) is 17.2. The summed E-state index contributed by atoms with van der Waals surface area (Å²) < 4.78 is 22.9. The first kappa shape index (κ1) is 31.6. The molecule has 1 rings (SSSR count). The smallest absolute Gasteiger partial charge is 0.337 e. The van der Waals surface area contributed by atoms with Gasteiger partial charge in [0.05, 0.1) is 12.7 Å². The summed E-state index contributed by atoms with van der Waals surface area (Å²) in [7, 11) is 1.30. The number of benzene rings is 1. The van der Waals surface area contributed by atoms with E-state index in [0.717, 1.165) is 18.4 Å². The maximum atomic E-state index is 12.9. The van der Waals surface area contributed by atoms with E-state index in [4.69, 9.17) is 9.47 Å². The molecule has 0 heterocycles. The van der Waals surface area contributed by atoms with Gasteiger partial charge in [0.15, 0.2) is 0 Å². The lowest BCUT2D eigenvalue weighted by Gasteiger charge is -2.19. The van der Waals surface area contributed by atoms with Crippen molar-refractivity contribution in [1.82, 2.24) is 0 Å². The number of hydrogen-bond donors (Lipinski definition) is 0. The molecule has 0 atom stereocenters. The van der Waals surface area contributed by atoms with Gasteiger partial charge in [-0.05, 0) is 76.0 Å². The van der Waals surface area contributed by atoms with Gasteiger partial charge in [0.25, 0.3) is 0 Å². The van der Waals surface area contributed by atoms with Gasteiger partial charge in [0.1, 0.15) is 11.4 Å². The van der Waals surface area contributed by atoms with Crippen LogP contribution in [-0.2, 0) is 19.1 Å². The Hall–Kier alpha value is -3.35. The highest BCUT2D eigenvalue weighted by atomic mass is 19.1. The third-order valence-corrected chi connectivity index (χ3v) is 3.79. The van der Waals surface area contributed by atoms with Crippen LogP contribution in [0, 0.1) is 5.82 Å². The molecule has 0 aliphatic rings. The molecule has 0 amide bonds. The normalized spacial score (nSPS) is 12.4. The van der Waals surface area contributed by atoms with Gasteiger partial charge in [0.2, 0.25) is 0 Å².